The molecule has 0 aliphatic carbocycles. The molecule has 1 aromatic heterocycles. The predicted molar refractivity (Wildman–Crippen MR) is 60.1 cm³/mol. The summed E-state index contributed by atoms with van der Waals surface area (Å²) in [6.45, 7) is 2.13. The van der Waals surface area contributed by atoms with Crippen molar-refractivity contribution in [1.29, 1.82) is 0 Å². The van der Waals surface area contributed by atoms with Crippen LogP contribution < -0.4 is 0 Å². The Labute approximate surface area is 95.2 Å². The lowest BCUT2D eigenvalue weighted by atomic mass is 10.2. The molecule has 4 nitrogen and oxygen atoms in total. The van der Waals surface area contributed by atoms with Crippen molar-refractivity contribution in [2.75, 3.05) is 19.7 Å². The Kier molecular flexibility index (Phi) is 3.75. The maximum Gasteiger partial charge on any atom is 0.409 e. The van der Waals surface area contributed by atoms with Gasteiger partial charge in [-0.05, 0) is 30.5 Å². The summed E-state index contributed by atoms with van der Waals surface area (Å²) in [6.07, 6.45) is 6.27. The van der Waals surface area contributed by atoms with Crippen molar-refractivity contribution in [3.05, 3.63) is 30.1 Å². The number of pyridine rings is 1. The van der Waals surface area contributed by atoms with E-state index in [1.54, 1.807) is 17.3 Å². The number of hydrogen-bond donors (Lipinski definition) is 0. The maximum absolute atomic E-state index is 11.5. The molecule has 86 valence electrons. The molecule has 0 N–H and O–H groups in total. The van der Waals surface area contributed by atoms with Gasteiger partial charge in [-0.2, -0.15) is 0 Å². The molecule has 0 aromatic carbocycles. The van der Waals surface area contributed by atoms with Gasteiger partial charge >= 0.3 is 6.09 Å². The van der Waals surface area contributed by atoms with Crippen LogP contribution in [0.4, 0.5) is 4.79 Å². The Morgan fingerprint density at radius 3 is 2.69 bits per heavy atom. The highest BCUT2D eigenvalue weighted by Crippen LogP contribution is 2.09. The zero-order chi connectivity index (χ0) is 11.2. The van der Waals surface area contributed by atoms with Crippen LogP contribution >= 0.6 is 0 Å². The van der Waals surface area contributed by atoms with Crippen molar-refractivity contribution in [2.24, 2.45) is 0 Å². The van der Waals surface area contributed by atoms with Crippen LogP contribution in [0.2, 0.25) is 0 Å². The lowest BCUT2D eigenvalue weighted by Gasteiger charge is -2.14. The zero-order valence-corrected chi connectivity index (χ0v) is 9.26. The van der Waals surface area contributed by atoms with E-state index < -0.39 is 0 Å². The highest BCUT2D eigenvalue weighted by atomic mass is 16.6. The van der Waals surface area contributed by atoms with Gasteiger partial charge in [0.2, 0.25) is 0 Å². The van der Waals surface area contributed by atoms with Gasteiger partial charge in [0.25, 0.3) is 0 Å². The molecular formula is C12H16N2O2. The number of hydrogen-bond acceptors (Lipinski definition) is 3. The van der Waals surface area contributed by atoms with E-state index >= 15 is 0 Å². The summed E-state index contributed by atoms with van der Waals surface area (Å²) in [5, 5.41) is 0. The van der Waals surface area contributed by atoms with Crippen LogP contribution in [0.5, 0.6) is 0 Å². The number of ether oxygens (including phenoxy) is 1. The molecule has 0 spiro atoms. The summed E-state index contributed by atoms with van der Waals surface area (Å²) in [4.78, 5) is 17.2. The number of carbonyl (C=O) groups excluding carboxylic acids is 1. The quantitative estimate of drug-likeness (QED) is 0.780. The Bertz CT molecular complexity index is 334. The molecule has 16 heavy (non-hydrogen) atoms. The van der Waals surface area contributed by atoms with E-state index in [4.69, 9.17) is 4.74 Å². The number of carbonyl (C=O) groups is 1. The van der Waals surface area contributed by atoms with Gasteiger partial charge < -0.3 is 9.64 Å². The Balaban J connectivity index is 1.70. The van der Waals surface area contributed by atoms with Crippen molar-refractivity contribution >= 4 is 6.09 Å². The lowest BCUT2D eigenvalue weighted by molar-refractivity contribution is 0.112. The van der Waals surface area contributed by atoms with Gasteiger partial charge in [0.1, 0.15) is 0 Å². The summed E-state index contributed by atoms with van der Waals surface area (Å²) in [6, 6.07) is 3.87. The maximum atomic E-state index is 11.5. The van der Waals surface area contributed by atoms with Gasteiger partial charge in [-0.15, -0.1) is 0 Å². The molecular weight excluding hydrogens is 204 g/mol. The van der Waals surface area contributed by atoms with Gasteiger partial charge in [-0.3, -0.25) is 4.98 Å². The first kappa shape index (κ1) is 10.9. The molecule has 2 rings (SSSR count). The molecule has 1 aliphatic heterocycles. The number of aromatic nitrogens is 1. The van der Waals surface area contributed by atoms with Crippen molar-refractivity contribution in [1.82, 2.24) is 9.88 Å². The second-order valence-corrected chi connectivity index (χ2v) is 3.91. The van der Waals surface area contributed by atoms with E-state index in [2.05, 4.69) is 4.98 Å². The van der Waals surface area contributed by atoms with E-state index in [0.717, 1.165) is 37.9 Å². The van der Waals surface area contributed by atoms with E-state index in [9.17, 15) is 4.79 Å². The monoisotopic (exact) mass is 220 g/mol. The summed E-state index contributed by atoms with van der Waals surface area (Å²) >= 11 is 0. The summed E-state index contributed by atoms with van der Waals surface area (Å²) in [5.74, 6) is 0. The molecule has 1 saturated heterocycles. The van der Waals surface area contributed by atoms with Crippen molar-refractivity contribution in [3.63, 3.8) is 0 Å². The zero-order valence-electron chi connectivity index (χ0n) is 9.26. The third-order valence-electron chi connectivity index (χ3n) is 2.73. The standard InChI is InChI=1S/C12H16N2O2/c15-12(14-8-1-2-9-14)16-10-5-11-3-6-13-7-4-11/h3-4,6-7H,1-2,5,8-10H2. The Morgan fingerprint density at radius 2 is 2.00 bits per heavy atom. The molecule has 1 amide bonds. The smallest absolute Gasteiger partial charge is 0.409 e. The molecule has 4 heteroatoms. The van der Waals surface area contributed by atoms with Gasteiger partial charge in [0.15, 0.2) is 0 Å². The van der Waals surface area contributed by atoms with Crippen LogP contribution in [0.1, 0.15) is 18.4 Å². The average Bonchev–Trinajstić information content (AvgIpc) is 2.84. The third-order valence-corrected chi connectivity index (χ3v) is 2.73. The number of rotatable bonds is 3. The van der Waals surface area contributed by atoms with Crippen LogP contribution in [0.15, 0.2) is 24.5 Å². The fourth-order valence-electron chi connectivity index (χ4n) is 1.80. The first-order chi connectivity index (χ1) is 7.86. The molecule has 0 radical (unpaired) electrons. The highest BCUT2D eigenvalue weighted by Gasteiger charge is 2.18. The van der Waals surface area contributed by atoms with Gasteiger partial charge in [0.05, 0.1) is 6.61 Å². The molecule has 2 heterocycles. The summed E-state index contributed by atoms with van der Waals surface area (Å²) in [5.41, 5.74) is 1.14. The van der Waals surface area contributed by atoms with Gasteiger partial charge in [-0.1, -0.05) is 0 Å². The van der Waals surface area contributed by atoms with Crippen molar-refractivity contribution in [2.45, 2.75) is 19.3 Å². The van der Waals surface area contributed by atoms with E-state index in [1.807, 2.05) is 12.1 Å². The topological polar surface area (TPSA) is 42.4 Å². The fourth-order valence-corrected chi connectivity index (χ4v) is 1.80. The molecule has 1 aromatic rings. The van der Waals surface area contributed by atoms with Gasteiger partial charge in [-0.25, -0.2) is 4.79 Å². The largest absolute Gasteiger partial charge is 0.449 e. The third kappa shape index (κ3) is 2.95. The second-order valence-electron chi connectivity index (χ2n) is 3.91. The molecule has 0 bridgehead atoms. The minimum atomic E-state index is -0.174. The molecule has 0 saturated carbocycles. The van der Waals surface area contributed by atoms with Crippen LogP contribution in [0.25, 0.3) is 0 Å². The minimum absolute atomic E-state index is 0.174. The predicted octanol–water partition coefficient (Wildman–Crippen LogP) is 1.86. The first-order valence-corrected chi connectivity index (χ1v) is 5.67. The first-order valence-electron chi connectivity index (χ1n) is 5.67. The molecule has 1 aliphatic rings. The normalized spacial score (nSPS) is 15.1. The molecule has 0 unspecified atom stereocenters. The average molecular weight is 220 g/mol. The van der Waals surface area contributed by atoms with Crippen molar-refractivity contribution in [3.8, 4) is 0 Å². The number of nitrogens with zero attached hydrogens (tertiary/aromatic N) is 2. The Hall–Kier alpha value is -1.58. The minimum Gasteiger partial charge on any atom is -0.449 e. The van der Waals surface area contributed by atoms with Crippen LogP contribution in [0.3, 0.4) is 0 Å². The van der Waals surface area contributed by atoms with Gasteiger partial charge in [0, 0.05) is 31.9 Å². The van der Waals surface area contributed by atoms with Crippen molar-refractivity contribution < 1.29 is 9.53 Å². The summed E-state index contributed by atoms with van der Waals surface area (Å²) < 4.78 is 5.20. The van der Waals surface area contributed by atoms with Crippen LogP contribution in [-0.2, 0) is 11.2 Å². The number of likely N-dealkylation sites (tertiary alicyclic amines) is 1. The lowest BCUT2D eigenvalue weighted by Crippen LogP contribution is -2.28. The SMILES string of the molecule is O=C(OCCc1ccncc1)N1CCCC1. The van der Waals surface area contributed by atoms with Crippen LogP contribution in [-0.4, -0.2) is 35.7 Å². The highest BCUT2D eigenvalue weighted by molar-refractivity contribution is 5.67. The number of amides is 1. The fraction of sp³-hybridized carbons (Fsp3) is 0.500. The second kappa shape index (κ2) is 5.49. The summed E-state index contributed by atoms with van der Waals surface area (Å²) in [7, 11) is 0. The molecule has 0 atom stereocenters. The van der Waals surface area contributed by atoms with E-state index in [-0.39, 0.29) is 6.09 Å². The Morgan fingerprint density at radius 1 is 1.31 bits per heavy atom. The van der Waals surface area contributed by atoms with E-state index in [1.165, 1.54) is 0 Å². The van der Waals surface area contributed by atoms with Crippen LogP contribution in [0, 0.1) is 0 Å². The van der Waals surface area contributed by atoms with E-state index in [0.29, 0.717) is 6.61 Å². The molecule has 1 fully saturated rings.